The number of aliphatic imine (C=N–C) groups is 1. The number of nitrogens with zero attached hydrogens (tertiary/aromatic N) is 4. The van der Waals surface area contributed by atoms with E-state index < -0.39 is 0 Å². The van der Waals surface area contributed by atoms with E-state index in [9.17, 15) is 0 Å². The van der Waals surface area contributed by atoms with Gasteiger partial charge in [-0.05, 0) is 13.8 Å². The highest BCUT2D eigenvalue weighted by atomic mass is 16.5. The third-order valence-corrected chi connectivity index (χ3v) is 2.65. The first-order valence-electron chi connectivity index (χ1n) is 7.07. The van der Waals surface area contributed by atoms with Crippen LogP contribution in [0.5, 0.6) is 0 Å². The van der Waals surface area contributed by atoms with Gasteiger partial charge < -0.3 is 19.9 Å². The van der Waals surface area contributed by atoms with Gasteiger partial charge in [-0.2, -0.15) is 0 Å². The molecule has 0 atom stereocenters. The molecule has 1 rings (SSSR count). The molecule has 114 valence electrons. The Morgan fingerprint density at radius 1 is 1.50 bits per heavy atom. The molecule has 0 saturated carbocycles. The molecule has 0 saturated heterocycles. The van der Waals surface area contributed by atoms with Crippen molar-refractivity contribution in [1.29, 1.82) is 0 Å². The van der Waals surface area contributed by atoms with Gasteiger partial charge in [0.05, 0.1) is 13.2 Å². The van der Waals surface area contributed by atoms with Crippen LogP contribution in [0.1, 0.15) is 26.6 Å². The first-order valence-corrected chi connectivity index (χ1v) is 7.07. The van der Waals surface area contributed by atoms with Crippen LogP contribution in [0.4, 0.5) is 0 Å². The highest BCUT2D eigenvalue weighted by Gasteiger charge is 2.03. The van der Waals surface area contributed by atoms with Gasteiger partial charge in [-0.15, -0.1) is 10.2 Å². The molecular weight excluding hydrogens is 256 g/mol. The minimum Gasteiger partial charge on any atom is -0.383 e. The Morgan fingerprint density at radius 2 is 2.30 bits per heavy atom. The molecule has 0 fully saturated rings. The molecule has 0 aliphatic carbocycles. The van der Waals surface area contributed by atoms with Crippen LogP contribution in [-0.4, -0.2) is 53.6 Å². The number of hydrogen-bond acceptors (Lipinski definition) is 4. The van der Waals surface area contributed by atoms with Crippen molar-refractivity contribution in [2.75, 3.05) is 26.8 Å². The Morgan fingerprint density at radius 3 is 2.95 bits per heavy atom. The van der Waals surface area contributed by atoms with Crippen LogP contribution in [0.25, 0.3) is 0 Å². The average Bonchev–Trinajstić information content (AvgIpc) is 2.85. The van der Waals surface area contributed by atoms with E-state index in [4.69, 9.17) is 4.74 Å². The van der Waals surface area contributed by atoms with Crippen molar-refractivity contribution < 1.29 is 4.74 Å². The second kappa shape index (κ2) is 9.30. The predicted octanol–water partition coefficient (Wildman–Crippen LogP) is 0.431. The molecule has 0 aliphatic heterocycles. The van der Waals surface area contributed by atoms with Gasteiger partial charge in [0.25, 0.3) is 0 Å². The van der Waals surface area contributed by atoms with Gasteiger partial charge in [0.2, 0.25) is 0 Å². The second-order valence-corrected chi connectivity index (χ2v) is 4.74. The largest absolute Gasteiger partial charge is 0.383 e. The highest BCUT2D eigenvalue weighted by Crippen LogP contribution is 1.94. The van der Waals surface area contributed by atoms with E-state index in [0.29, 0.717) is 19.2 Å². The molecule has 7 nitrogen and oxygen atoms in total. The van der Waals surface area contributed by atoms with E-state index in [1.165, 1.54) is 0 Å². The molecule has 2 N–H and O–H groups in total. The van der Waals surface area contributed by atoms with Crippen molar-refractivity contribution in [3.63, 3.8) is 0 Å². The second-order valence-electron chi connectivity index (χ2n) is 4.74. The summed E-state index contributed by atoms with van der Waals surface area (Å²) in [4.78, 5) is 4.44. The molecule has 7 heteroatoms. The van der Waals surface area contributed by atoms with Gasteiger partial charge in [0.15, 0.2) is 5.96 Å². The molecule has 20 heavy (non-hydrogen) atoms. The normalized spacial score (nSPS) is 11.9. The molecule has 0 radical (unpaired) electrons. The summed E-state index contributed by atoms with van der Waals surface area (Å²) in [6.07, 6.45) is 2.65. The van der Waals surface area contributed by atoms with Crippen molar-refractivity contribution in [2.24, 2.45) is 4.99 Å². The monoisotopic (exact) mass is 282 g/mol. The Hall–Kier alpha value is -1.63. The number of hydrogen-bond donors (Lipinski definition) is 2. The Kier molecular flexibility index (Phi) is 7.64. The van der Waals surface area contributed by atoms with E-state index in [-0.39, 0.29) is 0 Å². The summed E-state index contributed by atoms with van der Waals surface area (Å²) >= 11 is 0. The number of rotatable bonds is 8. The van der Waals surface area contributed by atoms with Crippen molar-refractivity contribution in [3.05, 3.63) is 12.2 Å². The van der Waals surface area contributed by atoms with Crippen LogP contribution in [0, 0.1) is 0 Å². The molecule has 0 unspecified atom stereocenters. The summed E-state index contributed by atoms with van der Waals surface area (Å²) in [5.41, 5.74) is 0. The molecule has 1 heterocycles. The number of ether oxygens (including phenoxy) is 1. The van der Waals surface area contributed by atoms with E-state index in [0.717, 1.165) is 31.3 Å². The quantitative estimate of drug-likeness (QED) is 0.411. The minimum absolute atomic E-state index is 0.338. The van der Waals surface area contributed by atoms with Gasteiger partial charge in [0, 0.05) is 32.7 Å². The van der Waals surface area contributed by atoms with Gasteiger partial charge >= 0.3 is 0 Å². The van der Waals surface area contributed by atoms with Gasteiger partial charge in [0.1, 0.15) is 12.2 Å². The van der Waals surface area contributed by atoms with E-state index in [2.05, 4.69) is 51.2 Å². The summed E-state index contributed by atoms with van der Waals surface area (Å²) < 4.78 is 7.06. The van der Waals surface area contributed by atoms with Gasteiger partial charge in [-0.3, -0.25) is 4.99 Å². The summed E-state index contributed by atoms with van der Waals surface area (Å²) in [7, 11) is 1.68. The number of nitrogens with one attached hydrogen (secondary N) is 2. The Balaban J connectivity index is 2.43. The van der Waals surface area contributed by atoms with Crippen LogP contribution in [0.3, 0.4) is 0 Å². The van der Waals surface area contributed by atoms with E-state index in [1.54, 1.807) is 13.4 Å². The maximum absolute atomic E-state index is 5.01. The number of aryl methyl sites for hydroxylation is 1. The Labute approximate surface area is 120 Å². The molecule has 0 aliphatic rings. The predicted molar refractivity (Wildman–Crippen MR) is 79.9 cm³/mol. The zero-order valence-corrected chi connectivity index (χ0v) is 12.9. The van der Waals surface area contributed by atoms with Crippen molar-refractivity contribution in [2.45, 2.75) is 39.8 Å². The fraction of sp³-hybridized carbons (Fsp3) is 0.769. The fourth-order valence-corrected chi connectivity index (χ4v) is 1.71. The average molecular weight is 282 g/mol. The zero-order valence-electron chi connectivity index (χ0n) is 12.9. The number of guanidine groups is 1. The lowest BCUT2D eigenvalue weighted by atomic mass is 10.4. The lowest BCUT2D eigenvalue weighted by Gasteiger charge is -2.15. The fourth-order valence-electron chi connectivity index (χ4n) is 1.71. The Bertz CT molecular complexity index is 401. The molecule has 0 aromatic carbocycles. The molecule has 0 spiro atoms. The smallest absolute Gasteiger partial charge is 0.191 e. The molecule has 0 amide bonds. The first-order chi connectivity index (χ1) is 9.67. The standard InChI is InChI=1S/C13H26N6O/c1-5-12-18-16-10-19(12)8-6-14-13(17-11(2)3)15-7-9-20-4/h10-11H,5-9H2,1-4H3,(H2,14,15,17). The van der Waals surface area contributed by atoms with E-state index >= 15 is 0 Å². The van der Waals surface area contributed by atoms with Crippen molar-refractivity contribution in [1.82, 2.24) is 25.4 Å². The highest BCUT2D eigenvalue weighted by molar-refractivity contribution is 5.79. The molecule has 0 bridgehead atoms. The molecule has 1 aromatic rings. The first kappa shape index (κ1) is 16.4. The SMILES string of the molecule is CCc1nncn1CCNC(=NCCOC)NC(C)C. The molecule has 1 aromatic heterocycles. The lowest BCUT2D eigenvalue weighted by Crippen LogP contribution is -2.42. The van der Waals surface area contributed by atoms with E-state index in [1.807, 2.05) is 0 Å². The topological polar surface area (TPSA) is 76.4 Å². The lowest BCUT2D eigenvalue weighted by molar-refractivity contribution is 0.208. The third-order valence-electron chi connectivity index (χ3n) is 2.65. The maximum atomic E-state index is 5.01. The van der Waals surface area contributed by atoms with Crippen LogP contribution in [0.2, 0.25) is 0 Å². The van der Waals surface area contributed by atoms with Crippen molar-refractivity contribution >= 4 is 5.96 Å². The third kappa shape index (κ3) is 6.01. The maximum Gasteiger partial charge on any atom is 0.191 e. The summed E-state index contributed by atoms with van der Waals surface area (Å²) in [6.45, 7) is 9.11. The van der Waals surface area contributed by atoms with Gasteiger partial charge in [-0.25, -0.2) is 0 Å². The molecular formula is C13H26N6O. The number of aromatic nitrogens is 3. The summed E-state index contributed by atoms with van der Waals surface area (Å²) in [6, 6.07) is 0.338. The van der Waals surface area contributed by atoms with Crippen LogP contribution in [0.15, 0.2) is 11.3 Å². The zero-order chi connectivity index (χ0) is 14.8. The van der Waals surface area contributed by atoms with Crippen LogP contribution in [-0.2, 0) is 17.7 Å². The summed E-state index contributed by atoms with van der Waals surface area (Å²) in [5.74, 6) is 1.81. The summed E-state index contributed by atoms with van der Waals surface area (Å²) in [5, 5.41) is 14.6. The van der Waals surface area contributed by atoms with Crippen molar-refractivity contribution in [3.8, 4) is 0 Å². The number of methoxy groups -OCH3 is 1. The minimum atomic E-state index is 0.338. The van der Waals surface area contributed by atoms with Crippen LogP contribution < -0.4 is 10.6 Å². The van der Waals surface area contributed by atoms with Gasteiger partial charge in [-0.1, -0.05) is 6.92 Å². The van der Waals surface area contributed by atoms with Crippen LogP contribution >= 0.6 is 0 Å².